The molecule has 0 bridgehead atoms. The highest BCUT2D eigenvalue weighted by molar-refractivity contribution is 7.85. The van der Waals surface area contributed by atoms with E-state index in [0.717, 1.165) is 0 Å². The standard InChI is InChI=1S/C14H19NO3S/c1-14(2,13(16)12-6-4-3-5-7-12)19(17)15-8-10-18-11-9-15/h3-7H,8-11H2,1-2H3. The monoisotopic (exact) mass is 281 g/mol. The van der Waals surface area contributed by atoms with Crippen LogP contribution in [0.5, 0.6) is 0 Å². The Morgan fingerprint density at radius 1 is 1.21 bits per heavy atom. The summed E-state index contributed by atoms with van der Waals surface area (Å²) in [4.78, 5) is 12.5. The lowest BCUT2D eigenvalue weighted by atomic mass is 10.0. The van der Waals surface area contributed by atoms with Gasteiger partial charge in [-0.15, -0.1) is 0 Å². The van der Waals surface area contributed by atoms with Crippen LogP contribution in [-0.4, -0.2) is 45.3 Å². The maximum absolute atomic E-state index is 12.6. The molecule has 19 heavy (non-hydrogen) atoms. The summed E-state index contributed by atoms with van der Waals surface area (Å²) < 4.78 is 18.7. The Labute approximate surface area is 116 Å². The third-order valence-corrected chi connectivity index (χ3v) is 5.12. The van der Waals surface area contributed by atoms with Crippen LogP contribution in [0.3, 0.4) is 0 Å². The van der Waals surface area contributed by atoms with Crippen molar-refractivity contribution in [1.29, 1.82) is 0 Å². The van der Waals surface area contributed by atoms with Gasteiger partial charge in [-0.2, -0.15) is 0 Å². The molecule has 0 N–H and O–H groups in total. The van der Waals surface area contributed by atoms with Crippen molar-refractivity contribution < 1.29 is 13.7 Å². The van der Waals surface area contributed by atoms with Crippen molar-refractivity contribution in [2.45, 2.75) is 18.6 Å². The minimum atomic E-state index is -1.34. The summed E-state index contributed by atoms with van der Waals surface area (Å²) >= 11 is 0. The predicted octanol–water partition coefficient (Wildman–Crippen LogP) is 1.64. The van der Waals surface area contributed by atoms with Crippen LogP contribution in [-0.2, 0) is 15.7 Å². The second-order valence-electron chi connectivity index (χ2n) is 5.00. The molecule has 0 aliphatic carbocycles. The van der Waals surface area contributed by atoms with Crippen LogP contribution in [0.15, 0.2) is 30.3 Å². The highest BCUT2D eigenvalue weighted by atomic mass is 32.2. The summed E-state index contributed by atoms with van der Waals surface area (Å²) in [6, 6.07) is 9.03. The van der Waals surface area contributed by atoms with E-state index in [0.29, 0.717) is 31.9 Å². The third kappa shape index (κ3) is 3.11. The molecule has 1 atom stereocenters. The summed E-state index contributed by atoms with van der Waals surface area (Å²) in [7, 11) is -1.34. The molecule has 1 aliphatic rings. The Balaban J connectivity index is 2.16. The van der Waals surface area contributed by atoms with Gasteiger partial charge >= 0.3 is 0 Å². The van der Waals surface area contributed by atoms with Gasteiger partial charge in [-0.25, -0.2) is 8.51 Å². The van der Waals surface area contributed by atoms with Gasteiger partial charge in [0.1, 0.15) is 15.7 Å². The van der Waals surface area contributed by atoms with E-state index in [1.54, 1.807) is 26.0 Å². The number of hydrogen-bond donors (Lipinski definition) is 0. The largest absolute Gasteiger partial charge is 0.379 e. The minimum absolute atomic E-state index is 0.0853. The van der Waals surface area contributed by atoms with Crippen LogP contribution in [0.2, 0.25) is 0 Å². The molecule has 2 rings (SSSR count). The topological polar surface area (TPSA) is 46.6 Å². The molecule has 5 heteroatoms. The van der Waals surface area contributed by atoms with Crippen molar-refractivity contribution >= 4 is 16.8 Å². The molecule has 1 fully saturated rings. The van der Waals surface area contributed by atoms with Gasteiger partial charge in [-0.3, -0.25) is 4.79 Å². The van der Waals surface area contributed by atoms with Gasteiger partial charge in [0.2, 0.25) is 0 Å². The molecule has 0 spiro atoms. The lowest BCUT2D eigenvalue weighted by molar-refractivity contribution is 0.0736. The van der Waals surface area contributed by atoms with Gasteiger partial charge < -0.3 is 4.74 Å². The molecule has 1 aromatic rings. The summed E-state index contributed by atoms with van der Waals surface area (Å²) in [6.07, 6.45) is 0. The zero-order valence-electron chi connectivity index (χ0n) is 11.3. The summed E-state index contributed by atoms with van der Waals surface area (Å²) in [5.41, 5.74) is 0.606. The average Bonchev–Trinajstić information content (AvgIpc) is 2.47. The van der Waals surface area contributed by atoms with Gasteiger partial charge in [-0.1, -0.05) is 30.3 Å². The van der Waals surface area contributed by atoms with Crippen LogP contribution in [0.25, 0.3) is 0 Å². The molecule has 0 aromatic heterocycles. The summed E-state index contributed by atoms with van der Waals surface area (Å²) in [6.45, 7) is 5.85. The van der Waals surface area contributed by atoms with Gasteiger partial charge in [0.25, 0.3) is 0 Å². The Morgan fingerprint density at radius 2 is 1.79 bits per heavy atom. The first kappa shape index (κ1) is 14.4. The van der Waals surface area contributed by atoms with Crippen LogP contribution < -0.4 is 0 Å². The molecule has 0 amide bonds. The quantitative estimate of drug-likeness (QED) is 0.788. The first-order valence-corrected chi connectivity index (χ1v) is 7.48. The number of carbonyl (C=O) groups excluding carboxylic acids is 1. The lowest BCUT2D eigenvalue weighted by Gasteiger charge is -2.32. The Hall–Kier alpha value is -1.04. The van der Waals surface area contributed by atoms with E-state index in [1.807, 2.05) is 22.5 Å². The van der Waals surface area contributed by atoms with Crippen molar-refractivity contribution in [1.82, 2.24) is 4.31 Å². The number of hydrogen-bond acceptors (Lipinski definition) is 3. The fourth-order valence-corrected chi connectivity index (χ4v) is 3.45. The van der Waals surface area contributed by atoms with E-state index in [4.69, 9.17) is 4.74 Å². The van der Waals surface area contributed by atoms with Crippen LogP contribution >= 0.6 is 0 Å². The third-order valence-electron chi connectivity index (χ3n) is 3.22. The number of carbonyl (C=O) groups is 1. The molecule has 0 saturated carbocycles. The van der Waals surface area contributed by atoms with Gasteiger partial charge in [0.15, 0.2) is 5.78 Å². The second-order valence-corrected chi connectivity index (χ2v) is 7.03. The first-order chi connectivity index (χ1) is 9.03. The average molecular weight is 281 g/mol. The van der Waals surface area contributed by atoms with Crippen LogP contribution in [0.4, 0.5) is 0 Å². The smallest absolute Gasteiger partial charge is 0.182 e. The maximum Gasteiger partial charge on any atom is 0.182 e. The lowest BCUT2D eigenvalue weighted by Crippen LogP contribution is -2.48. The number of ether oxygens (including phenoxy) is 1. The highest BCUT2D eigenvalue weighted by Crippen LogP contribution is 2.23. The van der Waals surface area contributed by atoms with Crippen molar-refractivity contribution in [3.05, 3.63) is 35.9 Å². The summed E-state index contributed by atoms with van der Waals surface area (Å²) in [5.74, 6) is -0.0853. The van der Waals surface area contributed by atoms with Gasteiger partial charge in [0.05, 0.1) is 13.2 Å². The zero-order chi connectivity index (χ0) is 13.9. The number of ketones is 1. The molecule has 0 radical (unpaired) electrons. The van der Waals surface area contributed by atoms with Crippen molar-refractivity contribution in [2.75, 3.05) is 26.3 Å². The van der Waals surface area contributed by atoms with E-state index in [-0.39, 0.29) is 5.78 Å². The Kier molecular flexibility index (Phi) is 4.50. The fraction of sp³-hybridized carbons (Fsp3) is 0.500. The van der Waals surface area contributed by atoms with E-state index >= 15 is 0 Å². The SMILES string of the molecule is CC(C)(C(=O)c1ccccc1)S(=O)N1CCOCC1. The minimum Gasteiger partial charge on any atom is -0.379 e. The Bertz CT molecular complexity index is 467. The molecular weight excluding hydrogens is 262 g/mol. The highest BCUT2D eigenvalue weighted by Gasteiger charge is 2.38. The molecule has 1 aromatic carbocycles. The van der Waals surface area contributed by atoms with Gasteiger partial charge in [0, 0.05) is 18.7 Å². The molecular formula is C14H19NO3S. The van der Waals surface area contributed by atoms with E-state index in [2.05, 4.69) is 0 Å². The Morgan fingerprint density at radius 3 is 2.37 bits per heavy atom. The van der Waals surface area contributed by atoms with Gasteiger partial charge in [-0.05, 0) is 13.8 Å². The molecule has 1 saturated heterocycles. The van der Waals surface area contributed by atoms with E-state index < -0.39 is 15.7 Å². The van der Waals surface area contributed by atoms with Crippen molar-refractivity contribution in [2.24, 2.45) is 0 Å². The number of benzene rings is 1. The molecule has 1 heterocycles. The molecule has 104 valence electrons. The predicted molar refractivity (Wildman–Crippen MR) is 75.4 cm³/mol. The first-order valence-electron chi connectivity index (χ1n) is 6.38. The normalized spacial score (nSPS) is 19.1. The molecule has 1 unspecified atom stereocenters. The maximum atomic E-state index is 12.6. The molecule has 1 aliphatic heterocycles. The summed E-state index contributed by atoms with van der Waals surface area (Å²) in [5, 5.41) is 0. The number of morpholine rings is 1. The van der Waals surface area contributed by atoms with E-state index in [9.17, 15) is 9.00 Å². The fourth-order valence-electron chi connectivity index (χ4n) is 2.05. The zero-order valence-corrected chi connectivity index (χ0v) is 12.1. The number of nitrogens with zero attached hydrogens (tertiary/aromatic N) is 1. The van der Waals surface area contributed by atoms with Crippen molar-refractivity contribution in [3.63, 3.8) is 0 Å². The van der Waals surface area contributed by atoms with Crippen LogP contribution in [0, 0.1) is 0 Å². The second kappa shape index (κ2) is 5.94. The van der Waals surface area contributed by atoms with Crippen molar-refractivity contribution in [3.8, 4) is 0 Å². The number of Topliss-reactive ketones (excluding diaryl/α,β-unsaturated/α-hetero) is 1. The van der Waals surface area contributed by atoms with E-state index in [1.165, 1.54) is 0 Å². The van der Waals surface area contributed by atoms with Crippen LogP contribution in [0.1, 0.15) is 24.2 Å². The molecule has 4 nitrogen and oxygen atoms in total. The number of rotatable bonds is 4.